The molecule has 0 aliphatic heterocycles. The van der Waals surface area contributed by atoms with E-state index in [-0.39, 0.29) is 0 Å². The number of aromatic nitrogens is 1. The van der Waals surface area contributed by atoms with Gasteiger partial charge in [0.15, 0.2) is 6.61 Å². The topological polar surface area (TPSA) is 61.3 Å². The molecule has 4 nitrogen and oxygen atoms in total. The van der Waals surface area contributed by atoms with Crippen molar-refractivity contribution in [2.75, 3.05) is 6.54 Å². The maximum atomic E-state index is 5.58. The fourth-order valence-electron chi connectivity index (χ4n) is 1.59. The average Bonchev–Trinajstić information content (AvgIpc) is 2.84. The SMILES string of the molecule is Cc1ccc(OCc2ncc(CCCN)o2)cc1. The second-order valence-corrected chi connectivity index (χ2v) is 4.21. The molecule has 0 unspecified atom stereocenters. The average molecular weight is 246 g/mol. The zero-order valence-corrected chi connectivity index (χ0v) is 10.6. The summed E-state index contributed by atoms with van der Waals surface area (Å²) < 4.78 is 11.1. The van der Waals surface area contributed by atoms with Crippen molar-refractivity contribution < 1.29 is 9.15 Å². The molecule has 1 aromatic carbocycles. The lowest BCUT2D eigenvalue weighted by Gasteiger charge is -2.03. The Bertz CT molecular complexity index is 477. The summed E-state index contributed by atoms with van der Waals surface area (Å²) in [5.41, 5.74) is 6.65. The van der Waals surface area contributed by atoms with Gasteiger partial charge in [0, 0.05) is 6.42 Å². The van der Waals surface area contributed by atoms with E-state index in [0.29, 0.717) is 19.0 Å². The van der Waals surface area contributed by atoms with Crippen molar-refractivity contribution in [3.8, 4) is 5.75 Å². The molecule has 0 bridgehead atoms. The third-order valence-electron chi connectivity index (χ3n) is 2.61. The van der Waals surface area contributed by atoms with E-state index in [2.05, 4.69) is 4.98 Å². The summed E-state index contributed by atoms with van der Waals surface area (Å²) in [6, 6.07) is 7.90. The van der Waals surface area contributed by atoms with Crippen molar-refractivity contribution in [3.63, 3.8) is 0 Å². The van der Waals surface area contributed by atoms with Crippen LogP contribution >= 0.6 is 0 Å². The maximum Gasteiger partial charge on any atom is 0.232 e. The molecule has 2 rings (SSSR count). The molecule has 4 heteroatoms. The Kier molecular flexibility index (Phi) is 4.36. The van der Waals surface area contributed by atoms with Gasteiger partial charge in [-0.3, -0.25) is 0 Å². The number of benzene rings is 1. The lowest BCUT2D eigenvalue weighted by atomic mass is 10.2. The molecule has 0 spiro atoms. The predicted molar refractivity (Wildman–Crippen MR) is 69.4 cm³/mol. The van der Waals surface area contributed by atoms with Crippen LogP contribution in [-0.4, -0.2) is 11.5 Å². The molecule has 0 aliphatic carbocycles. The van der Waals surface area contributed by atoms with Gasteiger partial charge in [0.05, 0.1) is 6.20 Å². The molecule has 0 aliphatic rings. The number of nitrogens with zero attached hydrogens (tertiary/aromatic N) is 1. The summed E-state index contributed by atoms with van der Waals surface area (Å²) in [5.74, 6) is 2.29. The Hall–Kier alpha value is -1.81. The van der Waals surface area contributed by atoms with Crippen LogP contribution in [0.15, 0.2) is 34.9 Å². The first-order valence-electron chi connectivity index (χ1n) is 6.11. The Balaban J connectivity index is 1.86. The molecule has 2 N–H and O–H groups in total. The molecule has 0 amide bonds. The minimum Gasteiger partial charge on any atom is -0.484 e. The summed E-state index contributed by atoms with van der Waals surface area (Å²) in [6.07, 6.45) is 3.48. The van der Waals surface area contributed by atoms with Crippen molar-refractivity contribution in [3.05, 3.63) is 47.7 Å². The minimum absolute atomic E-state index is 0.353. The number of aryl methyl sites for hydroxylation is 2. The van der Waals surface area contributed by atoms with Crippen LogP contribution in [0.25, 0.3) is 0 Å². The van der Waals surface area contributed by atoms with Crippen molar-refractivity contribution in [2.24, 2.45) is 5.73 Å². The van der Waals surface area contributed by atoms with Gasteiger partial charge in [-0.25, -0.2) is 4.98 Å². The standard InChI is InChI=1S/C14H18N2O2/c1-11-4-6-12(7-5-11)17-10-14-16-9-13(18-14)3-2-8-15/h4-7,9H,2-3,8,10,15H2,1H3. The highest BCUT2D eigenvalue weighted by molar-refractivity contribution is 5.26. The molecule has 0 atom stereocenters. The largest absolute Gasteiger partial charge is 0.484 e. The van der Waals surface area contributed by atoms with E-state index < -0.39 is 0 Å². The smallest absolute Gasteiger partial charge is 0.232 e. The molecule has 2 aromatic rings. The van der Waals surface area contributed by atoms with E-state index in [9.17, 15) is 0 Å². The first-order valence-corrected chi connectivity index (χ1v) is 6.11. The van der Waals surface area contributed by atoms with Gasteiger partial charge in [-0.05, 0) is 32.0 Å². The number of hydrogen-bond acceptors (Lipinski definition) is 4. The van der Waals surface area contributed by atoms with Gasteiger partial charge in [0.25, 0.3) is 0 Å². The summed E-state index contributed by atoms with van der Waals surface area (Å²) in [5, 5.41) is 0. The molecule has 0 fully saturated rings. The summed E-state index contributed by atoms with van der Waals surface area (Å²) >= 11 is 0. The second-order valence-electron chi connectivity index (χ2n) is 4.21. The number of hydrogen-bond donors (Lipinski definition) is 1. The fourth-order valence-corrected chi connectivity index (χ4v) is 1.59. The Morgan fingerprint density at radius 3 is 2.78 bits per heavy atom. The zero-order chi connectivity index (χ0) is 12.8. The van der Waals surface area contributed by atoms with E-state index in [1.807, 2.05) is 31.2 Å². The van der Waals surface area contributed by atoms with Gasteiger partial charge in [0.2, 0.25) is 5.89 Å². The van der Waals surface area contributed by atoms with Crippen LogP contribution < -0.4 is 10.5 Å². The Morgan fingerprint density at radius 1 is 1.28 bits per heavy atom. The summed E-state index contributed by atoms with van der Waals surface area (Å²) in [7, 11) is 0. The van der Waals surface area contributed by atoms with Crippen molar-refractivity contribution in [1.29, 1.82) is 0 Å². The van der Waals surface area contributed by atoms with Gasteiger partial charge in [-0.15, -0.1) is 0 Å². The third-order valence-corrected chi connectivity index (χ3v) is 2.61. The quantitative estimate of drug-likeness (QED) is 0.850. The minimum atomic E-state index is 0.353. The van der Waals surface area contributed by atoms with Crippen molar-refractivity contribution in [2.45, 2.75) is 26.4 Å². The number of rotatable bonds is 6. The lowest BCUT2D eigenvalue weighted by molar-refractivity contribution is 0.258. The highest BCUT2D eigenvalue weighted by Gasteiger charge is 2.04. The third kappa shape index (κ3) is 3.60. The van der Waals surface area contributed by atoms with E-state index in [4.69, 9.17) is 14.9 Å². The number of oxazole rings is 1. The first-order chi connectivity index (χ1) is 8.78. The summed E-state index contributed by atoms with van der Waals surface area (Å²) in [4.78, 5) is 4.17. The predicted octanol–water partition coefficient (Wildman–Crippen LogP) is 2.45. The maximum absolute atomic E-state index is 5.58. The molecule has 0 radical (unpaired) electrons. The number of nitrogens with two attached hydrogens (primary N) is 1. The molecule has 18 heavy (non-hydrogen) atoms. The van der Waals surface area contributed by atoms with Crippen LogP contribution in [0, 0.1) is 6.92 Å². The van der Waals surface area contributed by atoms with E-state index in [0.717, 1.165) is 24.4 Å². The highest BCUT2D eigenvalue weighted by atomic mass is 16.5. The van der Waals surface area contributed by atoms with Gasteiger partial charge in [0.1, 0.15) is 11.5 Å². The van der Waals surface area contributed by atoms with Crippen LogP contribution in [-0.2, 0) is 13.0 Å². The normalized spacial score (nSPS) is 10.6. The van der Waals surface area contributed by atoms with Crippen LogP contribution in [0.1, 0.15) is 23.6 Å². The van der Waals surface area contributed by atoms with Crippen molar-refractivity contribution >= 4 is 0 Å². The first kappa shape index (κ1) is 12.6. The van der Waals surface area contributed by atoms with Crippen LogP contribution in [0.3, 0.4) is 0 Å². The van der Waals surface area contributed by atoms with Gasteiger partial charge in [-0.2, -0.15) is 0 Å². The van der Waals surface area contributed by atoms with Crippen LogP contribution in [0.2, 0.25) is 0 Å². The van der Waals surface area contributed by atoms with Crippen LogP contribution in [0.5, 0.6) is 5.75 Å². The molecule has 0 saturated heterocycles. The van der Waals surface area contributed by atoms with E-state index in [1.54, 1.807) is 6.20 Å². The van der Waals surface area contributed by atoms with Gasteiger partial charge >= 0.3 is 0 Å². The van der Waals surface area contributed by atoms with Gasteiger partial charge < -0.3 is 14.9 Å². The lowest BCUT2D eigenvalue weighted by Crippen LogP contribution is -1.99. The second kappa shape index (κ2) is 6.21. The molecular weight excluding hydrogens is 228 g/mol. The zero-order valence-electron chi connectivity index (χ0n) is 10.6. The van der Waals surface area contributed by atoms with E-state index >= 15 is 0 Å². The molecule has 1 aromatic heterocycles. The van der Waals surface area contributed by atoms with Gasteiger partial charge in [-0.1, -0.05) is 17.7 Å². The highest BCUT2D eigenvalue weighted by Crippen LogP contribution is 2.14. The molecular formula is C14H18N2O2. The Morgan fingerprint density at radius 2 is 2.06 bits per heavy atom. The summed E-state index contributed by atoms with van der Waals surface area (Å²) in [6.45, 7) is 3.06. The fraction of sp³-hybridized carbons (Fsp3) is 0.357. The molecule has 1 heterocycles. The number of ether oxygens (including phenoxy) is 1. The van der Waals surface area contributed by atoms with Crippen LogP contribution in [0.4, 0.5) is 0 Å². The molecule has 0 saturated carbocycles. The molecule has 96 valence electrons. The Labute approximate surface area is 107 Å². The van der Waals surface area contributed by atoms with E-state index in [1.165, 1.54) is 5.56 Å². The van der Waals surface area contributed by atoms with Crippen molar-refractivity contribution in [1.82, 2.24) is 4.98 Å². The monoisotopic (exact) mass is 246 g/mol.